The summed E-state index contributed by atoms with van der Waals surface area (Å²) in [7, 11) is 0. The second-order valence-corrected chi connectivity index (χ2v) is 5.69. The third-order valence-corrected chi connectivity index (χ3v) is 4.34. The number of para-hydroxylation sites is 1. The highest BCUT2D eigenvalue weighted by Gasteiger charge is 2.16. The Bertz CT molecular complexity index is 652. The number of hydrazine groups is 1. The molecule has 0 aliphatic rings. The molecule has 0 spiro atoms. The summed E-state index contributed by atoms with van der Waals surface area (Å²) in [5, 5.41) is 11.7. The van der Waals surface area contributed by atoms with E-state index in [1.54, 1.807) is 17.8 Å². The number of hydrogen-bond acceptors (Lipinski definition) is 5. The number of nitrogens with one attached hydrogen (secondary N) is 1. The number of anilines is 1. The highest BCUT2D eigenvalue weighted by molar-refractivity contribution is 7.97. The van der Waals surface area contributed by atoms with Crippen LogP contribution in [0.4, 0.5) is 11.4 Å². The molecular weight excluding hydrogens is 310 g/mol. The summed E-state index contributed by atoms with van der Waals surface area (Å²) in [6, 6.07) is 12.5. The van der Waals surface area contributed by atoms with Gasteiger partial charge in [-0.15, -0.1) is 0 Å². The molecule has 7 heteroatoms. The molecule has 0 amide bonds. The minimum atomic E-state index is -0.447. The summed E-state index contributed by atoms with van der Waals surface area (Å²) in [6.07, 6.45) is 0. The zero-order chi connectivity index (χ0) is 15.2. The lowest BCUT2D eigenvalue weighted by Crippen LogP contribution is -2.11. The molecule has 0 radical (unpaired) electrons. The van der Waals surface area contributed by atoms with Gasteiger partial charge in [0.15, 0.2) is 0 Å². The molecule has 0 atom stereocenters. The van der Waals surface area contributed by atoms with E-state index in [9.17, 15) is 10.1 Å². The van der Waals surface area contributed by atoms with Crippen LogP contribution in [0.25, 0.3) is 0 Å². The Morgan fingerprint density at radius 1 is 1.14 bits per heavy atom. The van der Waals surface area contributed by atoms with Crippen molar-refractivity contribution < 1.29 is 4.92 Å². The Morgan fingerprint density at radius 3 is 2.48 bits per heavy atom. The van der Waals surface area contributed by atoms with Crippen molar-refractivity contribution in [2.24, 2.45) is 5.84 Å². The van der Waals surface area contributed by atoms with Gasteiger partial charge < -0.3 is 5.43 Å². The van der Waals surface area contributed by atoms with Crippen LogP contribution in [0, 0.1) is 10.1 Å². The summed E-state index contributed by atoms with van der Waals surface area (Å²) >= 11 is 7.72. The van der Waals surface area contributed by atoms with Crippen molar-refractivity contribution >= 4 is 34.7 Å². The molecule has 0 heterocycles. The first kappa shape index (κ1) is 15.6. The first-order valence-corrected chi connectivity index (χ1v) is 7.70. The molecule has 5 nitrogen and oxygen atoms in total. The van der Waals surface area contributed by atoms with E-state index >= 15 is 0 Å². The van der Waals surface area contributed by atoms with Crippen LogP contribution in [0.15, 0.2) is 42.5 Å². The molecule has 0 unspecified atom stereocenters. The van der Waals surface area contributed by atoms with Gasteiger partial charge in [0.05, 0.1) is 4.92 Å². The summed E-state index contributed by atoms with van der Waals surface area (Å²) in [5.41, 5.74) is 4.59. The Kier molecular flexibility index (Phi) is 5.44. The second kappa shape index (κ2) is 7.31. The number of nitrogen functional groups attached to an aromatic ring is 1. The summed E-state index contributed by atoms with van der Waals surface area (Å²) in [4.78, 5) is 10.5. The van der Waals surface area contributed by atoms with Crippen molar-refractivity contribution in [3.8, 4) is 0 Å². The van der Waals surface area contributed by atoms with Gasteiger partial charge in [0, 0.05) is 22.6 Å². The standard InChI is InChI=1S/C14H14ClN3O2S/c15-12-6-2-1-4-10(12)8-21-9-11-5-3-7-13(18(19)20)14(11)17-16/h1-7,17H,8-9,16H2. The largest absolute Gasteiger partial charge is 0.318 e. The monoisotopic (exact) mass is 323 g/mol. The van der Waals surface area contributed by atoms with Gasteiger partial charge in [-0.05, 0) is 17.2 Å². The van der Waals surface area contributed by atoms with Crippen LogP contribution in [0.5, 0.6) is 0 Å². The average molecular weight is 324 g/mol. The molecule has 0 bridgehead atoms. The number of rotatable bonds is 6. The van der Waals surface area contributed by atoms with Gasteiger partial charge in [0.1, 0.15) is 5.69 Å². The van der Waals surface area contributed by atoms with Crippen molar-refractivity contribution in [2.45, 2.75) is 11.5 Å². The number of benzene rings is 2. The van der Waals surface area contributed by atoms with Crippen molar-refractivity contribution in [3.63, 3.8) is 0 Å². The first-order valence-electron chi connectivity index (χ1n) is 6.17. The van der Waals surface area contributed by atoms with Crippen LogP contribution < -0.4 is 11.3 Å². The van der Waals surface area contributed by atoms with E-state index in [0.717, 1.165) is 21.9 Å². The third kappa shape index (κ3) is 3.87. The molecule has 0 saturated heterocycles. The Labute approximate surface area is 131 Å². The number of hydrogen-bond donors (Lipinski definition) is 2. The summed E-state index contributed by atoms with van der Waals surface area (Å²) < 4.78 is 0. The maximum Gasteiger partial charge on any atom is 0.293 e. The van der Waals surface area contributed by atoms with Crippen LogP contribution >= 0.6 is 23.4 Å². The number of halogens is 1. The zero-order valence-corrected chi connectivity index (χ0v) is 12.7. The Morgan fingerprint density at radius 2 is 1.81 bits per heavy atom. The molecule has 0 aliphatic heterocycles. The van der Waals surface area contributed by atoms with Crippen LogP contribution in [-0.4, -0.2) is 4.92 Å². The first-order chi connectivity index (χ1) is 10.1. The van der Waals surface area contributed by atoms with Gasteiger partial charge >= 0.3 is 0 Å². The van der Waals surface area contributed by atoms with E-state index in [-0.39, 0.29) is 5.69 Å². The highest BCUT2D eigenvalue weighted by atomic mass is 35.5. The van der Waals surface area contributed by atoms with Gasteiger partial charge in [0.2, 0.25) is 0 Å². The molecule has 2 aromatic carbocycles. The molecule has 3 N–H and O–H groups in total. The maximum absolute atomic E-state index is 11.0. The van der Waals surface area contributed by atoms with E-state index in [1.165, 1.54) is 6.07 Å². The Hall–Kier alpha value is -1.76. The third-order valence-electron chi connectivity index (χ3n) is 2.94. The molecule has 21 heavy (non-hydrogen) atoms. The number of nitro groups is 1. The average Bonchev–Trinajstić information content (AvgIpc) is 2.48. The lowest BCUT2D eigenvalue weighted by molar-refractivity contribution is -0.384. The fraction of sp³-hybridized carbons (Fsp3) is 0.143. The molecule has 0 aliphatic carbocycles. The SMILES string of the molecule is NNc1c(CSCc2ccccc2Cl)cccc1[N+](=O)[O-]. The predicted molar refractivity (Wildman–Crippen MR) is 87.4 cm³/mol. The Balaban J connectivity index is 2.08. The lowest BCUT2D eigenvalue weighted by Gasteiger charge is -2.09. The van der Waals surface area contributed by atoms with E-state index < -0.39 is 4.92 Å². The lowest BCUT2D eigenvalue weighted by atomic mass is 10.2. The van der Waals surface area contributed by atoms with E-state index in [4.69, 9.17) is 17.4 Å². The summed E-state index contributed by atoms with van der Waals surface area (Å²) in [5.74, 6) is 6.74. The second-order valence-electron chi connectivity index (χ2n) is 4.30. The molecule has 110 valence electrons. The van der Waals surface area contributed by atoms with Crippen LogP contribution in [0.3, 0.4) is 0 Å². The normalized spacial score (nSPS) is 10.4. The minimum Gasteiger partial charge on any atom is -0.318 e. The predicted octanol–water partition coefficient (Wildman–Crippen LogP) is 3.97. The van der Waals surface area contributed by atoms with Crippen LogP contribution in [0.1, 0.15) is 11.1 Å². The van der Waals surface area contributed by atoms with Gasteiger partial charge in [0.25, 0.3) is 5.69 Å². The number of nitrogens with zero attached hydrogens (tertiary/aromatic N) is 1. The zero-order valence-electron chi connectivity index (χ0n) is 11.1. The topological polar surface area (TPSA) is 81.2 Å². The number of nitrogens with two attached hydrogens (primary N) is 1. The number of nitro benzene ring substituents is 1. The van der Waals surface area contributed by atoms with Crippen molar-refractivity contribution in [2.75, 3.05) is 5.43 Å². The fourth-order valence-electron chi connectivity index (χ4n) is 1.91. The number of thioether (sulfide) groups is 1. The van der Waals surface area contributed by atoms with Gasteiger partial charge in [-0.3, -0.25) is 16.0 Å². The molecule has 0 saturated carbocycles. The smallest absolute Gasteiger partial charge is 0.293 e. The van der Waals surface area contributed by atoms with Crippen molar-refractivity contribution in [3.05, 3.63) is 68.7 Å². The van der Waals surface area contributed by atoms with Crippen LogP contribution in [-0.2, 0) is 11.5 Å². The van der Waals surface area contributed by atoms with Crippen molar-refractivity contribution in [1.29, 1.82) is 0 Å². The minimum absolute atomic E-state index is 0.0201. The molecule has 0 fully saturated rings. The van der Waals surface area contributed by atoms with E-state index in [1.807, 2.05) is 30.3 Å². The van der Waals surface area contributed by atoms with Gasteiger partial charge in [-0.1, -0.05) is 41.9 Å². The molecular formula is C14H14ClN3O2S. The molecule has 2 aromatic rings. The summed E-state index contributed by atoms with van der Waals surface area (Å²) in [6.45, 7) is 0. The maximum atomic E-state index is 11.0. The molecule has 0 aromatic heterocycles. The van der Waals surface area contributed by atoms with Gasteiger partial charge in [-0.2, -0.15) is 11.8 Å². The quantitative estimate of drug-likeness (QED) is 0.477. The van der Waals surface area contributed by atoms with E-state index in [0.29, 0.717) is 11.4 Å². The fourth-order valence-corrected chi connectivity index (χ4v) is 3.23. The van der Waals surface area contributed by atoms with Crippen molar-refractivity contribution in [1.82, 2.24) is 0 Å². The van der Waals surface area contributed by atoms with Gasteiger partial charge in [-0.25, -0.2) is 0 Å². The van der Waals surface area contributed by atoms with E-state index in [2.05, 4.69) is 5.43 Å². The molecule has 2 rings (SSSR count). The highest BCUT2D eigenvalue weighted by Crippen LogP contribution is 2.31. The van der Waals surface area contributed by atoms with Crippen LogP contribution in [0.2, 0.25) is 5.02 Å².